The van der Waals surface area contributed by atoms with Gasteiger partial charge < -0.3 is 14.8 Å². The molecule has 0 fully saturated rings. The van der Waals surface area contributed by atoms with Gasteiger partial charge in [0.05, 0.1) is 17.4 Å². The Bertz CT molecular complexity index is 1960. The van der Waals surface area contributed by atoms with Gasteiger partial charge in [0.2, 0.25) is 0 Å². The van der Waals surface area contributed by atoms with Crippen molar-refractivity contribution < 1.29 is 22.8 Å². The molecule has 244 valence electrons. The van der Waals surface area contributed by atoms with Crippen LogP contribution >= 0.6 is 0 Å². The van der Waals surface area contributed by atoms with Gasteiger partial charge in [0.25, 0.3) is 11.8 Å². The SMILES string of the molecule is CCc1cc(C(=O)NCCN(C)C)c2nc(N3CCc4c(cc(Cn5ccnc5)cc4-c4cn(C)nc4C(F)(F)F)C3=O)ccc2c1. The van der Waals surface area contributed by atoms with Crippen LogP contribution < -0.4 is 10.2 Å². The number of carbonyl (C=O) groups is 2. The standard InChI is InChI=1S/C34H35F3N8O2/c1-5-21-14-23-6-7-29(40-30(23)27(15-21)32(46)39-10-12-42(2)3)45-11-8-24-25(28-19-43(4)41-31(28)34(35,36)37)16-22(17-26(24)33(45)47)18-44-13-9-38-20-44/h6-7,9,13-17,19-20H,5,8,10-12,18H2,1-4H3,(H,39,46). The highest BCUT2D eigenvalue weighted by Gasteiger charge is 2.39. The quantitative estimate of drug-likeness (QED) is 0.244. The lowest BCUT2D eigenvalue weighted by molar-refractivity contribution is -0.141. The van der Waals surface area contributed by atoms with E-state index < -0.39 is 11.9 Å². The third-order valence-electron chi connectivity index (χ3n) is 8.29. The van der Waals surface area contributed by atoms with E-state index in [1.54, 1.807) is 41.5 Å². The molecule has 3 aromatic heterocycles. The van der Waals surface area contributed by atoms with Gasteiger partial charge in [-0.3, -0.25) is 19.2 Å². The maximum Gasteiger partial charge on any atom is 0.435 e. The summed E-state index contributed by atoms with van der Waals surface area (Å²) in [4.78, 5) is 40.0. The number of halogens is 3. The number of anilines is 1. The highest BCUT2D eigenvalue weighted by atomic mass is 19.4. The van der Waals surface area contributed by atoms with Crippen LogP contribution in [0.1, 0.15) is 50.0 Å². The van der Waals surface area contributed by atoms with Crippen LogP contribution in [0.15, 0.2) is 61.3 Å². The van der Waals surface area contributed by atoms with Crippen LogP contribution in [0.5, 0.6) is 0 Å². The molecule has 1 aliphatic rings. The number of hydrogen-bond donors (Lipinski definition) is 1. The van der Waals surface area contributed by atoms with Crippen LogP contribution in [0.25, 0.3) is 22.0 Å². The Morgan fingerprint density at radius 1 is 1.06 bits per heavy atom. The number of benzene rings is 2. The van der Waals surface area contributed by atoms with E-state index in [0.29, 0.717) is 65.2 Å². The minimum atomic E-state index is -4.68. The number of alkyl halides is 3. The van der Waals surface area contributed by atoms with Gasteiger partial charge in [0, 0.05) is 68.3 Å². The van der Waals surface area contributed by atoms with Gasteiger partial charge in [0.1, 0.15) is 5.82 Å². The van der Waals surface area contributed by atoms with E-state index in [4.69, 9.17) is 4.98 Å². The first-order valence-corrected chi connectivity index (χ1v) is 15.3. The predicted octanol–water partition coefficient (Wildman–Crippen LogP) is 4.96. The second-order valence-electron chi connectivity index (χ2n) is 12.0. The number of aryl methyl sites for hydroxylation is 2. The van der Waals surface area contributed by atoms with E-state index in [0.717, 1.165) is 22.1 Å². The first kappa shape index (κ1) is 31.9. The van der Waals surface area contributed by atoms with Gasteiger partial charge in [-0.15, -0.1) is 0 Å². The van der Waals surface area contributed by atoms with E-state index in [1.807, 2.05) is 44.1 Å². The number of nitrogens with zero attached hydrogens (tertiary/aromatic N) is 7. The van der Waals surface area contributed by atoms with E-state index in [2.05, 4.69) is 15.4 Å². The largest absolute Gasteiger partial charge is 0.435 e. The molecule has 13 heteroatoms. The minimum Gasteiger partial charge on any atom is -0.351 e. The molecule has 47 heavy (non-hydrogen) atoms. The number of nitrogens with one attached hydrogen (secondary N) is 1. The van der Waals surface area contributed by atoms with E-state index in [-0.39, 0.29) is 23.9 Å². The Balaban J connectivity index is 1.43. The summed E-state index contributed by atoms with van der Waals surface area (Å²) in [6, 6.07) is 10.8. The summed E-state index contributed by atoms with van der Waals surface area (Å²) in [5.74, 6) is -0.275. The maximum absolute atomic E-state index is 14.2. The van der Waals surface area contributed by atoms with Gasteiger partial charge in [-0.05, 0) is 85.6 Å². The van der Waals surface area contributed by atoms with Crippen molar-refractivity contribution in [3.05, 3.63) is 94.8 Å². The molecule has 0 atom stereocenters. The first-order valence-electron chi connectivity index (χ1n) is 15.3. The van der Waals surface area contributed by atoms with Gasteiger partial charge in [-0.25, -0.2) is 9.97 Å². The number of pyridine rings is 1. The van der Waals surface area contributed by atoms with Crippen LogP contribution in [0, 0.1) is 0 Å². The van der Waals surface area contributed by atoms with Crippen molar-refractivity contribution in [3.63, 3.8) is 0 Å². The lowest BCUT2D eigenvalue weighted by Crippen LogP contribution is -2.38. The van der Waals surface area contributed by atoms with Crippen LogP contribution in [-0.4, -0.2) is 74.8 Å². The second kappa shape index (κ2) is 12.6. The highest BCUT2D eigenvalue weighted by molar-refractivity contribution is 6.10. The van der Waals surface area contributed by atoms with Gasteiger partial charge in [-0.2, -0.15) is 18.3 Å². The number of likely N-dealkylation sites (N-methyl/N-ethyl adjacent to an activating group) is 1. The van der Waals surface area contributed by atoms with E-state index in [1.165, 1.54) is 18.1 Å². The smallest absolute Gasteiger partial charge is 0.351 e. The fraction of sp³-hybridized carbons (Fsp3) is 0.324. The molecule has 0 aliphatic carbocycles. The zero-order valence-electron chi connectivity index (χ0n) is 26.6. The van der Waals surface area contributed by atoms with Crippen molar-refractivity contribution in [3.8, 4) is 11.1 Å². The molecule has 4 heterocycles. The van der Waals surface area contributed by atoms with Crippen LogP contribution in [0.2, 0.25) is 0 Å². The number of aromatic nitrogens is 5. The number of carbonyl (C=O) groups excluding carboxylic acids is 2. The normalized spacial score (nSPS) is 13.4. The second-order valence-corrected chi connectivity index (χ2v) is 12.0. The molecule has 5 aromatic rings. The molecule has 0 saturated heterocycles. The summed E-state index contributed by atoms with van der Waals surface area (Å²) >= 11 is 0. The molecule has 1 N–H and O–H groups in total. The molecule has 2 aromatic carbocycles. The molecule has 10 nitrogen and oxygen atoms in total. The zero-order valence-corrected chi connectivity index (χ0v) is 26.6. The Morgan fingerprint density at radius 2 is 1.85 bits per heavy atom. The predicted molar refractivity (Wildman–Crippen MR) is 172 cm³/mol. The molecule has 2 amide bonds. The number of imidazole rings is 1. The summed E-state index contributed by atoms with van der Waals surface area (Å²) in [6.07, 6.45) is 2.65. The molecule has 0 saturated carbocycles. The Kier molecular flexibility index (Phi) is 8.58. The molecule has 0 bridgehead atoms. The molecule has 6 rings (SSSR count). The van der Waals surface area contributed by atoms with E-state index >= 15 is 0 Å². The third kappa shape index (κ3) is 6.48. The zero-order chi connectivity index (χ0) is 33.5. The third-order valence-corrected chi connectivity index (χ3v) is 8.29. The van der Waals surface area contributed by atoms with Crippen LogP contribution in [0.3, 0.4) is 0 Å². The fourth-order valence-electron chi connectivity index (χ4n) is 6.00. The molecule has 0 radical (unpaired) electrons. The molecular formula is C34H35F3N8O2. The van der Waals surface area contributed by atoms with Crippen molar-refractivity contribution in [2.24, 2.45) is 7.05 Å². The van der Waals surface area contributed by atoms with E-state index in [9.17, 15) is 22.8 Å². The van der Waals surface area contributed by atoms with Gasteiger partial charge in [-0.1, -0.05) is 6.92 Å². The number of rotatable bonds is 9. The monoisotopic (exact) mass is 644 g/mol. The molecule has 0 unspecified atom stereocenters. The summed E-state index contributed by atoms with van der Waals surface area (Å²) in [5.41, 5.74) is 2.58. The Morgan fingerprint density at radius 3 is 2.55 bits per heavy atom. The number of amides is 2. The van der Waals surface area contributed by atoms with Crippen molar-refractivity contribution in [1.82, 2.24) is 34.5 Å². The summed E-state index contributed by atoms with van der Waals surface area (Å²) in [7, 11) is 5.30. The summed E-state index contributed by atoms with van der Waals surface area (Å²) < 4.78 is 45.3. The van der Waals surface area contributed by atoms with Crippen LogP contribution in [0.4, 0.5) is 19.0 Å². The number of hydrogen-bond acceptors (Lipinski definition) is 6. The van der Waals surface area contributed by atoms with Crippen molar-refractivity contribution >= 4 is 28.5 Å². The average molecular weight is 645 g/mol. The molecular weight excluding hydrogens is 609 g/mol. The highest BCUT2D eigenvalue weighted by Crippen LogP contribution is 2.40. The lowest BCUT2D eigenvalue weighted by atomic mass is 9.88. The first-order chi connectivity index (χ1) is 22.4. The Labute approximate surface area is 269 Å². The summed E-state index contributed by atoms with van der Waals surface area (Å²) in [6.45, 7) is 3.64. The molecule has 0 spiro atoms. The number of fused-ring (bicyclic) bond motifs is 2. The van der Waals surface area contributed by atoms with Gasteiger partial charge >= 0.3 is 6.18 Å². The van der Waals surface area contributed by atoms with Crippen molar-refractivity contribution in [2.45, 2.75) is 32.5 Å². The van der Waals surface area contributed by atoms with Crippen molar-refractivity contribution in [2.75, 3.05) is 38.6 Å². The molecule has 1 aliphatic heterocycles. The fourth-order valence-corrected chi connectivity index (χ4v) is 6.00. The van der Waals surface area contributed by atoms with Crippen LogP contribution in [-0.2, 0) is 32.6 Å². The topological polar surface area (TPSA) is 101 Å². The lowest BCUT2D eigenvalue weighted by Gasteiger charge is -2.30. The maximum atomic E-state index is 14.2. The average Bonchev–Trinajstić information content (AvgIpc) is 3.69. The minimum absolute atomic E-state index is 0.0783. The van der Waals surface area contributed by atoms with Gasteiger partial charge in [0.15, 0.2) is 5.69 Å². The van der Waals surface area contributed by atoms with Crippen molar-refractivity contribution in [1.29, 1.82) is 0 Å². The Hall–Kier alpha value is -5.04. The summed E-state index contributed by atoms with van der Waals surface area (Å²) in [5, 5.41) is 7.46.